The minimum absolute atomic E-state index is 0.0457. The molecule has 0 radical (unpaired) electrons. The second kappa shape index (κ2) is 9.15. The van der Waals surface area contributed by atoms with Gasteiger partial charge in [-0.2, -0.15) is 0 Å². The van der Waals surface area contributed by atoms with Gasteiger partial charge in [-0.25, -0.2) is 22.0 Å². The Morgan fingerprint density at radius 2 is 1.65 bits per heavy atom. The number of primary sulfonamides is 1. The van der Waals surface area contributed by atoms with E-state index < -0.39 is 25.8 Å². The lowest BCUT2D eigenvalue weighted by atomic mass is 10.1. The van der Waals surface area contributed by atoms with Crippen LogP contribution in [0.2, 0.25) is 0 Å². The molecular formula is C24H20N2O5S3. The number of nitrogens with one attached hydrogen (secondary N) is 1. The quantitative estimate of drug-likeness (QED) is 0.355. The average Bonchev–Trinajstić information content (AvgIpc) is 3.22. The third-order valence-electron chi connectivity index (χ3n) is 5.05. The predicted octanol–water partition coefficient (Wildman–Crippen LogP) is 4.43. The van der Waals surface area contributed by atoms with Crippen molar-refractivity contribution < 1.29 is 21.6 Å². The predicted molar refractivity (Wildman–Crippen MR) is 135 cm³/mol. The first-order valence-corrected chi connectivity index (χ1v) is 14.0. The zero-order valence-corrected chi connectivity index (χ0v) is 20.2. The third-order valence-corrected chi connectivity index (χ3v) is 8.87. The van der Waals surface area contributed by atoms with E-state index in [2.05, 4.69) is 11.9 Å². The Morgan fingerprint density at radius 3 is 2.35 bits per heavy atom. The van der Waals surface area contributed by atoms with Crippen LogP contribution in [0, 0.1) is 0 Å². The molecule has 34 heavy (non-hydrogen) atoms. The molecule has 10 heteroatoms. The Balaban J connectivity index is 1.81. The molecule has 174 valence electrons. The lowest BCUT2D eigenvalue weighted by Crippen LogP contribution is -2.20. The van der Waals surface area contributed by atoms with Gasteiger partial charge in [-0.15, -0.1) is 17.9 Å². The van der Waals surface area contributed by atoms with Crippen molar-refractivity contribution in [2.24, 2.45) is 5.14 Å². The molecule has 0 saturated heterocycles. The van der Waals surface area contributed by atoms with E-state index in [9.17, 15) is 21.6 Å². The number of anilines is 1. The van der Waals surface area contributed by atoms with Crippen molar-refractivity contribution in [1.29, 1.82) is 0 Å². The zero-order chi connectivity index (χ0) is 24.5. The minimum atomic E-state index is -4.11. The van der Waals surface area contributed by atoms with Gasteiger partial charge >= 0.3 is 0 Å². The molecule has 0 bridgehead atoms. The van der Waals surface area contributed by atoms with Gasteiger partial charge in [-0.3, -0.25) is 4.79 Å². The van der Waals surface area contributed by atoms with Gasteiger partial charge in [-0.05, 0) is 47.3 Å². The van der Waals surface area contributed by atoms with Crippen LogP contribution in [0.15, 0.2) is 95.2 Å². The summed E-state index contributed by atoms with van der Waals surface area (Å²) < 4.78 is 50.9. The molecule has 3 N–H and O–H groups in total. The molecule has 0 saturated carbocycles. The number of sulfonamides is 1. The van der Waals surface area contributed by atoms with Crippen molar-refractivity contribution in [3.05, 3.63) is 91.0 Å². The monoisotopic (exact) mass is 512 g/mol. The van der Waals surface area contributed by atoms with E-state index in [-0.39, 0.29) is 26.8 Å². The number of fused-ring (bicyclic) bond motifs is 1. The standard InChI is InChI=1S/C24H20N2O5S3/c1-2-13-33(28,29)23-15-17(21-14-16-7-3-5-9-20(16)32-21)11-12-18(23)24(27)26-19-8-4-6-10-22(19)34(25,30)31/h2-12,14-15H,1,13H2,(H,26,27)(H2,25,30,31). The summed E-state index contributed by atoms with van der Waals surface area (Å²) in [5.41, 5.74) is 0.483. The SMILES string of the molecule is C=CCS(=O)(=O)c1cc(-c2cc3ccccc3s2)ccc1C(=O)Nc1ccccc1S(N)(=O)=O. The molecule has 0 aliphatic rings. The Morgan fingerprint density at radius 1 is 0.941 bits per heavy atom. The number of carbonyl (C=O) groups is 1. The van der Waals surface area contributed by atoms with E-state index in [0.29, 0.717) is 5.56 Å². The van der Waals surface area contributed by atoms with Gasteiger partial charge in [-0.1, -0.05) is 42.5 Å². The molecule has 1 aromatic heterocycles. The van der Waals surface area contributed by atoms with E-state index in [1.54, 1.807) is 6.07 Å². The number of thiophene rings is 1. The number of rotatable bonds is 7. The van der Waals surface area contributed by atoms with Gasteiger partial charge in [0.15, 0.2) is 9.84 Å². The molecule has 4 aromatic rings. The maximum Gasteiger partial charge on any atom is 0.257 e. The first-order valence-electron chi connectivity index (χ1n) is 10.00. The van der Waals surface area contributed by atoms with Crippen LogP contribution in [0.25, 0.3) is 20.5 Å². The Kier molecular flexibility index (Phi) is 6.41. The average molecular weight is 513 g/mol. The number of hydrogen-bond donors (Lipinski definition) is 2. The van der Waals surface area contributed by atoms with Gasteiger partial charge in [0.2, 0.25) is 10.0 Å². The molecule has 0 fully saturated rings. The molecule has 0 atom stereocenters. The molecule has 0 aliphatic carbocycles. The molecule has 7 nitrogen and oxygen atoms in total. The number of para-hydroxylation sites is 1. The Hall–Kier alpha value is -3.31. The molecule has 0 spiro atoms. The molecule has 0 aliphatic heterocycles. The van der Waals surface area contributed by atoms with Gasteiger partial charge in [0, 0.05) is 9.58 Å². The summed E-state index contributed by atoms with van der Waals surface area (Å²) in [4.78, 5) is 13.5. The molecule has 0 unspecified atom stereocenters. The summed E-state index contributed by atoms with van der Waals surface area (Å²) in [5.74, 6) is -1.14. The summed E-state index contributed by atoms with van der Waals surface area (Å²) in [7, 11) is -8.00. The van der Waals surface area contributed by atoms with Gasteiger partial charge in [0.1, 0.15) is 4.90 Å². The Labute approximate surface area is 201 Å². The Bertz CT molecular complexity index is 1610. The summed E-state index contributed by atoms with van der Waals surface area (Å²) in [6.45, 7) is 3.50. The van der Waals surface area contributed by atoms with Crippen LogP contribution in [-0.2, 0) is 19.9 Å². The van der Waals surface area contributed by atoms with Crippen molar-refractivity contribution in [2.75, 3.05) is 11.1 Å². The van der Waals surface area contributed by atoms with E-state index in [1.165, 1.54) is 53.8 Å². The fourth-order valence-corrected chi connectivity index (χ4v) is 6.54. The van der Waals surface area contributed by atoms with Crippen LogP contribution in [0.1, 0.15) is 10.4 Å². The highest BCUT2D eigenvalue weighted by molar-refractivity contribution is 7.91. The fraction of sp³-hybridized carbons (Fsp3) is 0.0417. The number of hydrogen-bond acceptors (Lipinski definition) is 6. The van der Waals surface area contributed by atoms with Crippen molar-refractivity contribution in [2.45, 2.75) is 9.79 Å². The number of amides is 1. The summed E-state index contributed by atoms with van der Waals surface area (Å²) in [5, 5.41) is 8.75. The molecule has 4 rings (SSSR count). The van der Waals surface area contributed by atoms with E-state index in [0.717, 1.165) is 15.0 Å². The maximum atomic E-state index is 13.1. The highest BCUT2D eigenvalue weighted by Crippen LogP contribution is 2.35. The highest BCUT2D eigenvalue weighted by Gasteiger charge is 2.24. The van der Waals surface area contributed by atoms with Gasteiger partial charge in [0.25, 0.3) is 5.91 Å². The topological polar surface area (TPSA) is 123 Å². The van der Waals surface area contributed by atoms with E-state index >= 15 is 0 Å². The fourth-order valence-electron chi connectivity index (χ4n) is 3.50. The number of benzene rings is 3. The van der Waals surface area contributed by atoms with Crippen molar-refractivity contribution in [1.82, 2.24) is 0 Å². The van der Waals surface area contributed by atoms with Crippen LogP contribution in [0.3, 0.4) is 0 Å². The smallest absolute Gasteiger partial charge is 0.257 e. The number of sulfone groups is 1. The summed E-state index contributed by atoms with van der Waals surface area (Å²) in [6.07, 6.45) is 1.25. The van der Waals surface area contributed by atoms with Gasteiger partial charge < -0.3 is 5.32 Å². The minimum Gasteiger partial charge on any atom is -0.321 e. The summed E-state index contributed by atoms with van der Waals surface area (Å²) in [6, 6.07) is 19.9. The number of nitrogens with two attached hydrogens (primary N) is 1. The van der Waals surface area contributed by atoms with Crippen LogP contribution < -0.4 is 10.5 Å². The van der Waals surface area contributed by atoms with Crippen LogP contribution >= 0.6 is 11.3 Å². The largest absolute Gasteiger partial charge is 0.321 e. The van der Waals surface area contributed by atoms with Crippen molar-refractivity contribution >= 4 is 52.9 Å². The normalized spacial score (nSPS) is 11.9. The zero-order valence-electron chi connectivity index (χ0n) is 17.8. The van der Waals surface area contributed by atoms with Crippen molar-refractivity contribution in [3.63, 3.8) is 0 Å². The van der Waals surface area contributed by atoms with Crippen LogP contribution in [0.5, 0.6) is 0 Å². The highest BCUT2D eigenvalue weighted by atomic mass is 32.2. The maximum absolute atomic E-state index is 13.1. The van der Waals surface area contributed by atoms with Crippen molar-refractivity contribution in [3.8, 4) is 10.4 Å². The van der Waals surface area contributed by atoms with E-state index in [1.807, 2.05) is 30.3 Å². The molecule has 3 aromatic carbocycles. The first-order chi connectivity index (χ1) is 16.1. The van der Waals surface area contributed by atoms with Crippen LogP contribution in [-0.4, -0.2) is 28.5 Å². The lowest BCUT2D eigenvalue weighted by molar-refractivity contribution is 0.102. The molecular weight excluding hydrogens is 492 g/mol. The molecule has 1 heterocycles. The van der Waals surface area contributed by atoms with E-state index in [4.69, 9.17) is 5.14 Å². The first kappa shape index (κ1) is 23.8. The van der Waals surface area contributed by atoms with Gasteiger partial charge in [0.05, 0.1) is 21.9 Å². The summed E-state index contributed by atoms with van der Waals surface area (Å²) >= 11 is 1.51. The number of carbonyl (C=O) groups excluding carboxylic acids is 1. The third kappa shape index (κ3) is 4.80. The second-order valence-electron chi connectivity index (χ2n) is 7.42. The molecule has 1 amide bonds. The lowest BCUT2D eigenvalue weighted by Gasteiger charge is -2.13. The van der Waals surface area contributed by atoms with Crippen LogP contribution in [0.4, 0.5) is 5.69 Å². The second-order valence-corrected chi connectivity index (χ2v) is 12.0.